The van der Waals surface area contributed by atoms with Gasteiger partial charge in [-0.3, -0.25) is 9.59 Å². The summed E-state index contributed by atoms with van der Waals surface area (Å²) in [5, 5.41) is 14.8. The minimum atomic E-state index is -0.962. The van der Waals surface area contributed by atoms with Gasteiger partial charge in [0.1, 0.15) is 17.3 Å². The van der Waals surface area contributed by atoms with Crippen molar-refractivity contribution in [2.45, 2.75) is 26.5 Å². The summed E-state index contributed by atoms with van der Waals surface area (Å²) in [5.74, 6) is -0.831. The first-order valence-electron chi connectivity index (χ1n) is 7.42. The molecule has 0 aliphatic heterocycles. The van der Waals surface area contributed by atoms with Gasteiger partial charge in [-0.1, -0.05) is 12.1 Å². The van der Waals surface area contributed by atoms with E-state index in [0.29, 0.717) is 22.6 Å². The van der Waals surface area contributed by atoms with E-state index in [1.807, 2.05) is 0 Å². The molecule has 2 rings (SSSR count). The van der Waals surface area contributed by atoms with Gasteiger partial charge in [0, 0.05) is 18.7 Å². The Balaban J connectivity index is 1.80. The van der Waals surface area contributed by atoms with Crippen LogP contribution < -0.4 is 10.6 Å². The largest absolute Gasteiger partial charge is 0.466 e. The molecular formula is C17H19FN2O4. The van der Waals surface area contributed by atoms with Crippen molar-refractivity contribution in [1.82, 2.24) is 10.6 Å². The highest BCUT2D eigenvalue weighted by molar-refractivity contribution is 6.35. The van der Waals surface area contributed by atoms with E-state index in [2.05, 4.69) is 10.6 Å². The lowest BCUT2D eigenvalue weighted by Gasteiger charge is -2.11. The molecule has 0 saturated carbocycles. The third-order valence-electron chi connectivity index (χ3n) is 3.47. The number of rotatable bonds is 5. The van der Waals surface area contributed by atoms with E-state index in [9.17, 15) is 19.1 Å². The molecule has 0 fully saturated rings. The fourth-order valence-corrected chi connectivity index (χ4v) is 2.23. The van der Waals surface area contributed by atoms with Gasteiger partial charge in [-0.2, -0.15) is 0 Å². The van der Waals surface area contributed by atoms with E-state index < -0.39 is 17.9 Å². The molecule has 2 amide bonds. The van der Waals surface area contributed by atoms with Crippen molar-refractivity contribution < 1.29 is 23.5 Å². The van der Waals surface area contributed by atoms with Gasteiger partial charge in [0.05, 0.1) is 6.10 Å². The zero-order valence-electron chi connectivity index (χ0n) is 13.4. The van der Waals surface area contributed by atoms with Gasteiger partial charge in [0.2, 0.25) is 0 Å². The molecule has 1 heterocycles. The number of halogens is 1. The Morgan fingerprint density at radius 2 is 1.79 bits per heavy atom. The number of aliphatic hydroxyl groups excluding tert-OH is 1. The van der Waals surface area contributed by atoms with Crippen molar-refractivity contribution in [3.63, 3.8) is 0 Å². The van der Waals surface area contributed by atoms with Crippen LogP contribution in [0.5, 0.6) is 0 Å². The quantitative estimate of drug-likeness (QED) is 0.723. The highest BCUT2D eigenvalue weighted by Gasteiger charge is 2.18. The second-order valence-corrected chi connectivity index (χ2v) is 5.40. The summed E-state index contributed by atoms with van der Waals surface area (Å²) in [6.45, 7) is 3.46. The number of carbonyl (C=O) groups excluding carboxylic acids is 2. The first-order chi connectivity index (χ1) is 11.4. The number of benzene rings is 1. The zero-order chi connectivity index (χ0) is 17.7. The van der Waals surface area contributed by atoms with E-state index in [0.717, 1.165) is 0 Å². The van der Waals surface area contributed by atoms with Gasteiger partial charge in [-0.25, -0.2) is 4.39 Å². The van der Waals surface area contributed by atoms with Crippen molar-refractivity contribution in [1.29, 1.82) is 0 Å². The summed E-state index contributed by atoms with van der Waals surface area (Å²) in [6.07, 6.45) is -0.962. The SMILES string of the molecule is Cc1cc(C(O)CNC(=O)C(=O)NCc2ccc(F)cc2)c(C)o1. The van der Waals surface area contributed by atoms with E-state index >= 15 is 0 Å². The maximum absolute atomic E-state index is 12.8. The molecule has 0 aliphatic carbocycles. The molecule has 0 aliphatic rings. The van der Waals surface area contributed by atoms with Gasteiger partial charge in [0.25, 0.3) is 0 Å². The average molecular weight is 334 g/mol. The Morgan fingerprint density at radius 1 is 1.17 bits per heavy atom. The molecule has 0 spiro atoms. The normalized spacial score (nSPS) is 11.8. The minimum Gasteiger partial charge on any atom is -0.466 e. The zero-order valence-corrected chi connectivity index (χ0v) is 13.4. The third-order valence-corrected chi connectivity index (χ3v) is 3.47. The van der Waals surface area contributed by atoms with Crippen LogP contribution in [0.1, 0.15) is 28.8 Å². The molecule has 1 unspecified atom stereocenters. The molecular weight excluding hydrogens is 315 g/mol. The Bertz CT molecular complexity index is 725. The number of hydrogen-bond donors (Lipinski definition) is 3. The van der Waals surface area contributed by atoms with Crippen molar-refractivity contribution in [2.24, 2.45) is 0 Å². The number of carbonyl (C=O) groups is 2. The number of aryl methyl sites for hydroxylation is 2. The van der Waals surface area contributed by atoms with Crippen molar-refractivity contribution in [3.8, 4) is 0 Å². The maximum Gasteiger partial charge on any atom is 0.309 e. The second-order valence-electron chi connectivity index (χ2n) is 5.40. The van der Waals surface area contributed by atoms with E-state index in [-0.39, 0.29) is 18.9 Å². The van der Waals surface area contributed by atoms with Crippen LogP contribution in [0.15, 0.2) is 34.7 Å². The summed E-state index contributed by atoms with van der Waals surface area (Å²) in [7, 11) is 0. The van der Waals surface area contributed by atoms with Gasteiger partial charge in [0.15, 0.2) is 0 Å². The number of aliphatic hydroxyl groups is 1. The minimum absolute atomic E-state index is 0.106. The summed E-state index contributed by atoms with van der Waals surface area (Å²) < 4.78 is 18.1. The summed E-state index contributed by atoms with van der Waals surface area (Å²) >= 11 is 0. The lowest BCUT2D eigenvalue weighted by molar-refractivity contribution is -0.139. The van der Waals surface area contributed by atoms with Gasteiger partial charge in [-0.15, -0.1) is 0 Å². The fraction of sp³-hybridized carbons (Fsp3) is 0.294. The number of furan rings is 1. The first kappa shape index (κ1) is 17.7. The molecule has 3 N–H and O–H groups in total. The predicted octanol–water partition coefficient (Wildman–Crippen LogP) is 1.50. The topological polar surface area (TPSA) is 91.6 Å². The van der Waals surface area contributed by atoms with Crippen molar-refractivity contribution >= 4 is 11.8 Å². The van der Waals surface area contributed by atoms with Crippen LogP contribution in [0, 0.1) is 19.7 Å². The Labute approximate surface area is 138 Å². The van der Waals surface area contributed by atoms with Gasteiger partial charge in [-0.05, 0) is 37.6 Å². The summed E-state index contributed by atoms with van der Waals surface area (Å²) in [5.41, 5.74) is 1.24. The molecule has 0 radical (unpaired) electrons. The molecule has 128 valence electrons. The number of amides is 2. The van der Waals surface area contributed by atoms with Crippen LogP contribution in [-0.4, -0.2) is 23.5 Å². The molecule has 1 aromatic heterocycles. The van der Waals surface area contributed by atoms with Crippen LogP contribution in [0.4, 0.5) is 4.39 Å². The molecule has 6 nitrogen and oxygen atoms in total. The Hall–Kier alpha value is -2.67. The molecule has 0 saturated heterocycles. The predicted molar refractivity (Wildman–Crippen MR) is 84.4 cm³/mol. The molecule has 1 atom stereocenters. The van der Waals surface area contributed by atoms with Gasteiger partial charge < -0.3 is 20.2 Å². The monoisotopic (exact) mass is 334 g/mol. The Morgan fingerprint density at radius 3 is 2.38 bits per heavy atom. The Kier molecular flexibility index (Phi) is 5.70. The summed E-state index contributed by atoms with van der Waals surface area (Å²) in [4.78, 5) is 23.4. The highest BCUT2D eigenvalue weighted by Crippen LogP contribution is 2.20. The maximum atomic E-state index is 12.8. The lowest BCUT2D eigenvalue weighted by Crippen LogP contribution is -2.41. The standard InChI is InChI=1S/C17H19FN2O4/c1-10-7-14(11(2)24-10)15(21)9-20-17(23)16(22)19-8-12-3-5-13(18)6-4-12/h3-7,15,21H,8-9H2,1-2H3,(H,19,22)(H,20,23). The van der Waals surface area contributed by atoms with Crippen molar-refractivity contribution in [2.75, 3.05) is 6.54 Å². The highest BCUT2D eigenvalue weighted by atomic mass is 19.1. The third kappa shape index (κ3) is 4.66. The van der Waals surface area contributed by atoms with Crippen molar-refractivity contribution in [3.05, 3.63) is 58.8 Å². The summed E-state index contributed by atoms with van der Waals surface area (Å²) in [6, 6.07) is 7.25. The fourth-order valence-electron chi connectivity index (χ4n) is 2.23. The second kappa shape index (κ2) is 7.74. The number of hydrogen-bond acceptors (Lipinski definition) is 4. The van der Waals surface area contributed by atoms with Gasteiger partial charge >= 0.3 is 11.8 Å². The molecule has 7 heteroatoms. The van der Waals surface area contributed by atoms with Crippen LogP contribution in [0.2, 0.25) is 0 Å². The first-order valence-corrected chi connectivity index (χ1v) is 7.42. The smallest absolute Gasteiger partial charge is 0.309 e. The van der Waals surface area contributed by atoms with Crippen LogP contribution >= 0.6 is 0 Å². The van der Waals surface area contributed by atoms with E-state index in [1.54, 1.807) is 19.9 Å². The molecule has 1 aromatic carbocycles. The molecule has 24 heavy (non-hydrogen) atoms. The van der Waals surface area contributed by atoms with E-state index in [1.165, 1.54) is 24.3 Å². The molecule has 2 aromatic rings. The van der Waals surface area contributed by atoms with Crippen LogP contribution in [-0.2, 0) is 16.1 Å². The lowest BCUT2D eigenvalue weighted by atomic mass is 10.1. The van der Waals surface area contributed by atoms with E-state index in [4.69, 9.17) is 4.42 Å². The average Bonchev–Trinajstić information content (AvgIpc) is 2.90. The number of nitrogens with one attached hydrogen (secondary N) is 2. The van der Waals surface area contributed by atoms with Crippen LogP contribution in [0.3, 0.4) is 0 Å². The van der Waals surface area contributed by atoms with Crippen LogP contribution in [0.25, 0.3) is 0 Å². The molecule has 0 bridgehead atoms.